The highest BCUT2D eigenvalue weighted by atomic mass is 35.5. The lowest BCUT2D eigenvalue weighted by Crippen LogP contribution is -2.20. The molecule has 3 aromatic rings. The van der Waals surface area contributed by atoms with E-state index >= 15 is 0 Å². The minimum atomic E-state index is -0.747. The third-order valence-corrected chi connectivity index (χ3v) is 3.93. The molecule has 0 aliphatic rings. The number of amides is 1. The Morgan fingerprint density at radius 1 is 1.12 bits per heavy atom. The van der Waals surface area contributed by atoms with Crippen molar-refractivity contribution >= 4 is 45.8 Å². The van der Waals surface area contributed by atoms with Crippen LogP contribution in [0.5, 0.6) is 5.75 Å². The molecule has 0 bridgehead atoms. The van der Waals surface area contributed by atoms with Crippen LogP contribution in [0.4, 0.5) is 5.69 Å². The van der Waals surface area contributed by atoms with E-state index in [0.29, 0.717) is 32.5 Å². The summed E-state index contributed by atoms with van der Waals surface area (Å²) in [5.74, 6) is -0.0572. The average molecular weight is 364 g/mol. The summed E-state index contributed by atoms with van der Waals surface area (Å²) < 4.78 is 10.3. The lowest BCUT2D eigenvalue weighted by molar-refractivity contribution is 0.102. The summed E-state index contributed by atoms with van der Waals surface area (Å²) in [4.78, 5) is 24.4. The van der Waals surface area contributed by atoms with Gasteiger partial charge in [-0.05, 0) is 42.5 Å². The molecule has 0 spiro atoms. The maximum atomic E-state index is 12.4. The molecule has 0 aliphatic carbocycles. The smallest absolute Gasteiger partial charge is 0.349 e. The quantitative estimate of drug-likeness (QED) is 0.701. The van der Waals surface area contributed by atoms with Gasteiger partial charge in [-0.15, -0.1) is 0 Å². The summed E-state index contributed by atoms with van der Waals surface area (Å²) in [5, 5.41) is 3.83. The number of hydrogen-bond acceptors (Lipinski definition) is 4. The summed E-state index contributed by atoms with van der Waals surface area (Å²) in [6.07, 6.45) is 0. The standard InChI is InChI=1S/C17H11Cl2NO4/c1-23-11-3-5-15-9(6-11)7-12(17(22)24-15)16(21)20-14-8-10(18)2-4-13(14)19/h2-8H,1H3,(H,20,21). The van der Waals surface area contributed by atoms with Crippen LogP contribution >= 0.6 is 23.2 Å². The number of nitrogens with one attached hydrogen (secondary N) is 1. The molecule has 0 saturated heterocycles. The first-order valence-electron chi connectivity index (χ1n) is 6.86. The Labute approximate surface area is 146 Å². The van der Waals surface area contributed by atoms with E-state index in [0.717, 1.165) is 0 Å². The molecular formula is C17H11Cl2NO4. The lowest BCUT2D eigenvalue weighted by atomic mass is 10.1. The molecule has 0 saturated carbocycles. The van der Waals surface area contributed by atoms with Gasteiger partial charge in [0.15, 0.2) is 0 Å². The molecule has 0 radical (unpaired) electrons. The maximum Gasteiger partial charge on any atom is 0.349 e. The molecule has 5 nitrogen and oxygen atoms in total. The zero-order valence-electron chi connectivity index (χ0n) is 12.4. The summed E-state index contributed by atoms with van der Waals surface area (Å²) in [6.45, 7) is 0. The van der Waals surface area contributed by atoms with E-state index in [2.05, 4.69) is 5.32 Å². The van der Waals surface area contributed by atoms with Gasteiger partial charge < -0.3 is 14.5 Å². The highest BCUT2D eigenvalue weighted by Crippen LogP contribution is 2.26. The third kappa shape index (κ3) is 3.22. The van der Waals surface area contributed by atoms with Gasteiger partial charge in [-0.2, -0.15) is 0 Å². The zero-order valence-corrected chi connectivity index (χ0v) is 13.9. The molecule has 1 heterocycles. The number of benzene rings is 2. The van der Waals surface area contributed by atoms with Crippen molar-refractivity contribution in [3.63, 3.8) is 0 Å². The van der Waals surface area contributed by atoms with Gasteiger partial charge in [0.05, 0.1) is 17.8 Å². The topological polar surface area (TPSA) is 68.5 Å². The predicted molar refractivity (Wildman–Crippen MR) is 93.5 cm³/mol. The van der Waals surface area contributed by atoms with Gasteiger partial charge in [0, 0.05) is 10.4 Å². The van der Waals surface area contributed by atoms with E-state index in [1.54, 1.807) is 30.3 Å². The van der Waals surface area contributed by atoms with Gasteiger partial charge in [-0.1, -0.05) is 23.2 Å². The average Bonchev–Trinajstić information content (AvgIpc) is 2.57. The molecule has 0 fully saturated rings. The van der Waals surface area contributed by atoms with Gasteiger partial charge in [0.2, 0.25) is 0 Å². The second-order valence-corrected chi connectivity index (χ2v) is 5.77. The molecule has 0 atom stereocenters. The van der Waals surface area contributed by atoms with Gasteiger partial charge in [0.1, 0.15) is 16.9 Å². The number of halogens is 2. The summed E-state index contributed by atoms with van der Waals surface area (Å²) in [5.41, 5.74) is -0.229. The first-order chi connectivity index (χ1) is 11.5. The Morgan fingerprint density at radius 3 is 2.67 bits per heavy atom. The van der Waals surface area contributed by atoms with Crippen molar-refractivity contribution in [1.82, 2.24) is 0 Å². The van der Waals surface area contributed by atoms with E-state index in [1.165, 1.54) is 19.2 Å². The minimum absolute atomic E-state index is 0.146. The Bertz CT molecular complexity index is 998. The lowest BCUT2D eigenvalue weighted by Gasteiger charge is -2.08. The number of methoxy groups -OCH3 is 1. The number of rotatable bonds is 3. The van der Waals surface area contributed by atoms with Crippen molar-refractivity contribution in [2.75, 3.05) is 12.4 Å². The molecular weight excluding hydrogens is 353 g/mol. The molecule has 24 heavy (non-hydrogen) atoms. The number of ether oxygens (including phenoxy) is 1. The molecule has 122 valence electrons. The van der Waals surface area contributed by atoms with Crippen molar-refractivity contribution in [3.05, 3.63) is 68.5 Å². The van der Waals surface area contributed by atoms with E-state index in [9.17, 15) is 9.59 Å². The SMILES string of the molecule is COc1ccc2oc(=O)c(C(=O)Nc3cc(Cl)ccc3Cl)cc2c1. The van der Waals surface area contributed by atoms with Gasteiger partial charge in [0.25, 0.3) is 5.91 Å². The molecule has 1 aromatic heterocycles. The van der Waals surface area contributed by atoms with Crippen molar-refractivity contribution in [2.45, 2.75) is 0 Å². The molecule has 1 N–H and O–H groups in total. The predicted octanol–water partition coefficient (Wildman–Crippen LogP) is 4.36. The normalized spacial score (nSPS) is 10.6. The summed E-state index contributed by atoms with van der Waals surface area (Å²) >= 11 is 11.9. The van der Waals surface area contributed by atoms with Crippen LogP contribution in [-0.2, 0) is 0 Å². The van der Waals surface area contributed by atoms with Crippen molar-refractivity contribution in [1.29, 1.82) is 0 Å². The fraction of sp³-hybridized carbons (Fsp3) is 0.0588. The zero-order chi connectivity index (χ0) is 17.3. The van der Waals surface area contributed by atoms with Gasteiger partial charge in [-0.25, -0.2) is 4.79 Å². The molecule has 2 aromatic carbocycles. The van der Waals surface area contributed by atoms with Crippen LogP contribution in [0.1, 0.15) is 10.4 Å². The monoisotopic (exact) mass is 363 g/mol. The fourth-order valence-electron chi connectivity index (χ4n) is 2.17. The Balaban J connectivity index is 2.01. The van der Waals surface area contributed by atoms with Crippen molar-refractivity contribution < 1.29 is 13.9 Å². The Hall–Kier alpha value is -2.50. The van der Waals surface area contributed by atoms with Crippen LogP contribution < -0.4 is 15.7 Å². The van der Waals surface area contributed by atoms with Crippen LogP contribution in [-0.4, -0.2) is 13.0 Å². The Morgan fingerprint density at radius 2 is 1.92 bits per heavy atom. The van der Waals surface area contributed by atoms with Crippen LogP contribution in [0.3, 0.4) is 0 Å². The third-order valence-electron chi connectivity index (χ3n) is 3.36. The van der Waals surface area contributed by atoms with Crippen LogP contribution in [0.15, 0.2) is 51.7 Å². The first kappa shape index (κ1) is 16.4. The van der Waals surface area contributed by atoms with Gasteiger partial charge >= 0.3 is 5.63 Å². The Kier molecular flexibility index (Phi) is 4.46. The summed E-state index contributed by atoms with van der Waals surface area (Å²) in [6, 6.07) is 11.0. The van der Waals surface area contributed by atoms with Crippen LogP contribution in [0, 0.1) is 0 Å². The van der Waals surface area contributed by atoms with Crippen molar-refractivity contribution in [2.24, 2.45) is 0 Å². The van der Waals surface area contributed by atoms with E-state index in [1.807, 2.05) is 0 Å². The first-order valence-corrected chi connectivity index (χ1v) is 7.62. The van der Waals surface area contributed by atoms with E-state index in [4.69, 9.17) is 32.4 Å². The number of anilines is 1. The molecule has 0 aliphatic heterocycles. The fourth-order valence-corrected chi connectivity index (χ4v) is 2.51. The van der Waals surface area contributed by atoms with Crippen LogP contribution in [0.2, 0.25) is 10.0 Å². The molecule has 1 amide bonds. The van der Waals surface area contributed by atoms with Crippen molar-refractivity contribution in [3.8, 4) is 5.75 Å². The number of carbonyl (C=O) groups is 1. The largest absolute Gasteiger partial charge is 0.497 e. The highest BCUT2D eigenvalue weighted by molar-refractivity contribution is 6.35. The summed E-state index contributed by atoms with van der Waals surface area (Å²) in [7, 11) is 1.52. The maximum absolute atomic E-state index is 12.4. The number of carbonyl (C=O) groups excluding carboxylic acids is 1. The molecule has 7 heteroatoms. The van der Waals surface area contributed by atoms with Gasteiger partial charge in [-0.3, -0.25) is 4.79 Å². The second kappa shape index (κ2) is 6.55. The minimum Gasteiger partial charge on any atom is -0.497 e. The highest BCUT2D eigenvalue weighted by Gasteiger charge is 2.15. The molecule has 3 rings (SSSR count). The van der Waals surface area contributed by atoms with E-state index in [-0.39, 0.29) is 5.56 Å². The van der Waals surface area contributed by atoms with Crippen LogP contribution in [0.25, 0.3) is 11.0 Å². The van der Waals surface area contributed by atoms with E-state index < -0.39 is 11.5 Å². The number of hydrogen-bond donors (Lipinski definition) is 1. The number of fused-ring (bicyclic) bond motifs is 1. The second-order valence-electron chi connectivity index (χ2n) is 4.93. The molecule has 0 unspecified atom stereocenters.